The molecule has 0 aliphatic carbocycles. The zero-order valence-electron chi connectivity index (χ0n) is 19.1. The highest BCUT2D eigenvalue weighted by Crippen LogP contribution is 2.24. The van der Waals surface area contributed by atoms with Crippen LogP contribution in [-0.4, -0.2) is 19.2 Å². The molecule has 0 amide bonds. The first kappa shape index (κ1) is 21.6. The van der Waals surface area contributed by atoms with Gasteiger partial charge < -0.3 is 4.74 Å². The average Bonchev–Trinajstić information content (AvgIpc) is 3.19. The molecule has 6 nitrogen and oxygen atoms in total. The van der Waals surface area contributed by atoms with Crippen LogP contribution in [0, 0.1) is 26.6 Å². The molecule has 170 valence electrons. The highest BCUT2D eigenvalue weighted by atomic mass is 19.1. The largest absolute Gasteiger partial charge is 0.485 e. The van der Waals surface area contributed by atoms with Gasteiger partial charge in [0.25, 0.3) is 5.56 Å². The van der Waals surface area contributed by atoms with Crippen molar-refractivity contribution in [2.24, 2.45) is 0 Å². The molecule has 0 saturated heterocycles. The lowest BCUT2D eigenvalue weighted by molar-refractivity contribution is 0.307. The number of fused-ring (bicyclic) bond motifs is 1. The van der Waals surface area contributed by atoms with E-state index < -0.39 is 0 Å². The van der Waals surface area contributed by atoms with Crippen LogP contribution >= 0.6 is 0 Å². The van der Waals surface area contributed by atoms with Crippen molar-refractivity contribution >= 4 is 5.65 Å². The summed E-state index contributed by atoms with van der Waals surface area (Å²) in [5.74, 6) is 0.174. The van der Waals surface area contributed by atoms with Crippen molar-refractivity contribution in [3.05, 3.63) is 112 Å². The van der Waals surface area contributed by atoms with E-state index in [1.54, 1.807) is 48.1 Å². The Labute approximate surface area is 195 Å². The van der Waals surface area contributed by atoms with E-state index in [2.05, 4.69) is 11.2 Å². The lowest BCUT2D eigenvalue weighted by Gasteiger charge is -2.12. The first-order chi connectivity index (χ1) is 16.4. The fraction of sp³-hybridized carbons (Fsp3) is 0.148. The molecule has 0 saturated carbocycles. The van der Waals surface area contributed by atoms with E-state index in [-0.39, 0.29) is 11.4 Å². The average molecular weight is 455 g/mol. The maximum absolute atomic E-state index is 13.7. The normalized spacial score (nSPS) is 11.2. The highest BCUT2D eigenvalue weighted by molar-refractivity contribution is 5.65. The minimum absolute atomic E-state index is 0.243. The Morgan fingerprint density at radius 2 is 1.79 bits per heavy atom. The van der Waals surface area contributed by atoms with E-state index in [1.165, 1.54) is 16.5 Å². The second-order valence-electron chi connectivity index (χ2n) is 8.28. The molecule has 0 spiro atoms. The van der Waals surface area contributed by atoms with Crippen LogP contribution in [0.2, 0.25) is 0 Å². The predicted molar refractivity (Wildman–Crippen MR) is 129 cm³/mol. The summed E-state index contributed by atoms with van der Waals surface area (Å²) in [6, 6.07) is 19.6. The molecule has 3 heterocycles. The number of pyridine rings is 1. The number of halogens is 1. The van der Waals surface area contributed by atoms with Crippen molar-refractivity contribution in [1.82, 2.24) is 19.2 Å². The Hall–Kier alpha value is -4.26. The van der Waals surface area contributed by atoms with Crippen LogP contribution in [0.4, 0.5) is 4.39 Å². The van der Waals surface area contributed by atoms with Crippen molar-refractivity contribution < 1.29 is 9.13 Å². The van der Waals surface area contributed by atoms with Gasteiger partial charge in [-0.05, 0) is 62.7 Å². The quantitative estimate of drug-likeness (QED) is 0.367. The van der Waals surface area contributed by atoms with Gasteiger partial charge in [0.15, 0.2) is 11.4 Å². The van der Waals surface area contributed by atoms with Gasteiger partial charge >= 0.3 is 0 Å². The Kier molecular flexibility index (Phi) is 5.45. The molecule has 5 rings (SSSR count). The summed E-state index contributed by atoms with van der Waals surface area (Å²) in [5, 5.41) is 4.59. The number of nitrogens with zero attached hydrogens (tertiary/aromatic N) is 4. The minimum atomic E-state index is -0.351. The molecule has 0 aliphatic heterocycles. The number of ether oxygens (including phenoxy) is 1. The zero-order chi connectivity index (χ0) is 23.8. The van der Waals surface area contributed by atoms with Crippen LogP contribution in [0.1, 0.15) is 22.5 Å². The van der Waals surface area contributed by atoms with Gasteiger partial charge in [0.05, 0.1) is 16.9 Å². The van der Waals surface area contributed by atoms with Gasteiger partial charge in [0, 0.05) is 11.9 Å². The first-order valence-electron chi connectivity index (χ1n) is 10.9. The first-order valence-corrected chi connectivity index (χ1v) is 10.9. The maximum atomic E-state index is 13.7. The summed E-state index contributed by atoms with van der Waals surface area (Å²) in [5.41, 5.74) is 5.18. The third-order valence-electron chi connectivity index (χ3n) is 5.67. The van der Waals surface area contributed by atoms with E-state index in [0.29, 0.717) is 40.6 Å². The molecule has 0 N–H and O–H groups in total. The lowest BCUT2D eigenvalue weighted by Crippen LogP contribution is -2.19. The van der Waals surface area contributed by atoms with Crippen LogP contribution < -0.4 is 10.3 Å². The molecule has 0 radical (unpaired) electrons. The summed E-state index contributed by atoms with van der Waals surface area (Å²) in [7, 11) is 0. The number of benzene rings is 2. The molecule has 0 aliphatic rings. The van der Waals surface area contributed by atoms with E-state index in [9.17, 15) is 9.18 Å². The molecule has 0 unspecified atom stereocenters. The summed E-state index contributed by atoms with van der Waals surface area (Å²) >= 11 is 0. The molecule has 0 bridgehead atoms. The van der Waals surface area contributed by atoms with Gasteiger partial charge in [0.2, 0.25) is 0 Å². The molecule has 34 heavy (non-hydrogen) atoms. The smallest absolute Gasteiger partial charge is 0.267 e. The maximum Gasteiger partial charge on any atom is 0.267 e. The summed E-state index contributed by atoms with van der Waals surface area (Å²) in [6.07, 6.45) is 1.67. The van der Waals surface area contributed by atoms with E-state index in [1.807, 2.05) is 32.0 Å². The molecule has 0 fully saturated rings. The third-order valence-corrected chi connectivity index (χ3v) is 5.67. The number of aromatic nitrogens is 4. The van der Waals surface area contributed by atoms with Crippen molar-refractivity contribution in [1.29, 1.82) is 0 Å². The van der Waals surface area contributed by atoms with E-state index in [0.717, 1.165) is 16.8 Å². The van der Waals surface area contributed by atoms with Crippen LogP contribution in [0.3, 0.4) is 0 Å². The lowest BCUT2D eigenvalue weighted by atomic mass is 10.1. The molecular formula is C27H23FN4O2. The zero-order valence-corrected chi connectivity index (χ0v) is 19.1. The molecule has 7 heteroatoms. The SMILES string of the molecule is Cc1cccc(COc2cccn3c(=O)c(-c4cc(C)n(-c5cccc(F)c5)n4)c(C)nc23)c1. The van der Waals surface area contributed by atoms with E-state index >= 15 is 0 Å². The summed E-state index contributed by atoms with van der Waals surface area (Å²) in [4.78, 5) is 18.2. The monoisotopic (exact) mass is 454 g/mol. The molecular weight excluding hydrogens is 431 g/mol. The fourth-order valence-electron chi connectivity index (χ4n) is 4.08. The molecule has 5 aromatic rings. The number of rotatable bonds is 5. The Morgan fingerprint density at radius 1 is 0.971 bits per heavy atom. The van der Waals surface area contributed by atoms with Gasteiger partial charge in [-0.2, -0.15) is 5.10 Å². The molecule has 0 atom stereocenters. The van der Waals surface area contributed by atoms with Crippen LogP contribution in [0.5, 0.6) is 5.75 Å². The minimum Gasteiger partial charge on any atom is -0.485 e. The number of hydrogen-bond acceptors (Lipinski definition) is 4. The van der Waals surface area contributed by atoms with Crippen molar-refractivity contribution in [2.45, 2.75) is 27.4 Å². The van der Waals surface area contributed by atoms with Crippen molar-refractivity contribution in [2.75, 3.05) is 0 Å². The van der Waals surface area contributed by atoms with Crippen LogP contribution in [0.15, 0.2) is 77.7 Å². The third kappa shape index (κ3) is 3.96. The van der Waals surface area contributed by atoms with Crippen LogP contribution in [0.25, 0.3) is 22.6 Å². The second-order valence-corrected chi connectivity index (χ2v) is 8.28. The predicted octanol–water partition coefficient (Wildman–Crippen LogP) is 5.19. The van der Waals surface area contributed by atoms with E-state index in [4.69, 9.17) is 9.72 Å². The number of hydrogen-bond donors (Lipinski definition) is 0. The fourth-order valence-corrected chi connectivity index (χ4v) is 4.08. The molecule has 3 aromatic heterocycles. The summed E-state index contributed by atoms with van der Waals surface area (Å²) in [6.45, 7) is 6.05. The molecule has 2 aromatic carbocycles. The van der Waals surface area contributed by atoms with Gasteiger partial charge in [-0.15, -0.1) is 0 Å². The number of aryl methyl sites for hydroxylation is 3. The topological polar surface area (TPSA) is 61.4 Å². The Balaban J connectivity index is 1.55. The second kappa shape index (κ2) is 8.59. The van der Waals surface area contributed by atoms with Gasteiger partial charge in [-0.3, -0.25) is 9.20 Å². The van der Waals surface area contributed by atoms with Crippen LogP contribution in [-0.2, 0) is 6.61 Å². The van der Waals surface area contributed by atoms with Crippen molar-refractivity contribution in [3.63, 3.8) is 0 Å². The summed E-state index contributed by atoms with van der Waals surface area (Å²) < 4.78 is 22.9. The standard InChI is InChI=1S/C27H23FN4O2/c1-17-7-4-8-20(13-17)16-34-24-11-6-12-31-26(24)29-19(3)25(27(31)33)23-14-18(2)32(30-23)22-10-5-9-21(28)15-22/h4-15H,16H2,1-3H3. The van der Waals surface area contributed by atoms with Gasteiger partial charge in [0.1, 0.15) is 18.1 Å². The van der Waals surface area contributed by atoms with Crippen molar-refractivity contribution in [3.8, 4) is 22.7 Å². The van der Waals surface area contributed by atoms with Gasteiger partial charge in [-0.1, -0.05) is 35.9 Å². The highest BCUT2D eigenvalue weighted by Gasteiger charge is 2.18. The Morgan fingerprint density at radius 3 is 2.59 bits per heavy atom. The Bertz CT molecular complexity index is 1590. The van der Waals surface area contributed by atoms with Gasteiger partial charge in [-0.25, -0.2) is 14.1 Å².